The van der Waals surface area contributed by atoms with Crippen LogP contribution >= 0.6 is 11.6 Å². The minimum Gasteiger partial charge on any atom is -0.425 e. The van der Waals surface area contributed by atoms with Crippen LogP contribution in [0.25, 0.3) is 0 Å². The maximum atomic E-state index is 12.2. The number of halogens is 1. The molecule has 1 aliphatic rings. The molecule has 0 N–H and O–H groups in total. The van der Waals surface area contributed by atoms with Crippen LogP contribution < -0.4 is 4.74 Å². The zero-order valence-electron chi connectivity index (χ0n) is 12.9. The maximum absolute atomic E-state index is 12.2. The monoisotopic (exact) mass is 343 g/mol. The van der Waals surface area contributed by atoms with Crippen LogP contribution in [-0.4, -0.2) is 29.2 Å². The first-order valence-electron chi connectivity index (χ1n) is 7.45. The first-order chi connectivity index (χ1) is 11.5. The van der Waals surface area contributed by atoms with Crippen molar-refractivity contribution in [3.63, 3.8) is 0 Å². The standard InChI is InChI=1S/C18H14ClNO4/c1-2-11-9-12(7-8-15(11)19)24-16(21)10-20-17(22)13-5-3-4-6-14(13)18(20)23/h3-9H,2,10H2,1H3. The molecule has 122 valence electrons. The van der Waals surface area contributed by atoms with Crippen LogP contribution in [0.1, 0.15) is 33.2 Å². The number of carbonyl (C=O) groups is 3. The van der Waals surface area contributed by atoms with Crippen LogP contribution in [0, 0.1) is 0 Å². The number of aryl methyl sites for hydroxylation is 1. The van der Waals surface area contributed by atoms with E-state index in [1.807, 2.05) is 6.92 Å². The lowest BCUT2D eigenvalue weighted by Crippen LogP contribution is -2.36. The van der Waals surface area contributed by atoms with Gasteiger partial charge in [-0.1, -0.05) is 30.7 Å². The Balaban J connectivity index is 1.72. The molecule has 2 aromatic carbocycles. The van der Waals surface area contributed by atoms with Crippen LogP contribution in [0.2, 0.25) is 5.02 Å². The predicted octanol–water partition coefficient (Wildman–Crippen LogP) is 3.10. The van der Waals surface area contributed by atoms with Crippen molar-refractivity contribution in [2.45, 2.75) is 13.3 Å². The van der Waals surface area contributed by atoms with Gasteiger partial charge in [-0.05, 0) is 42.3 Å². The van der Waals surface area contributed by atoms with E-state index in [4.69, 9.17) is 16.3 Å². The van der Waals surface area contributed by atoms with E-state index >= 15 is 0 Å². The zero-order chi connectivity index (χ0) is 17.3. The van der Waals surface area contributed by atoms with Gasteiger partial charge in [0.05, 0.1) is 11.1 Å². The van der Waals surface area contributed by atoms with Gasteiger partial charge in [-0.25, -0.2) is 4.79 Å². The Bertz CT molecular complexity index is 812. The zero-order valence-corrected chi connectivity index (χ0v) is 13.7. The number of amides is 2. The number of esters is 1. The second-order valence-electron chi connectivity index (χ2n) is 5.32. The Hall–Kier alpha value is -2.66. The summed E-state index contributed by atoms with van der Waals surface area (Å²) in [6.45, 7) is 1.50. The molecule has 0 atom stereocenters. The molecule has 0 aromatic heterocycles. The summed E-state index contributed by atoms with van der Waals surface area (Å²) >= 11 is 6.02. The second-order valence-corrected chi connectivity index (χ2v) is 5.73. The number of hydrogen-bond donors (Lipinski definition) is 0. The molecule has 1 heterocycles. The van der Waals surface area contributed by atoms with Crippen LogP contribution in [-0.2, 0) is 11.2 Å². The van der Waals surface area contributed by atoms with Gasteiger partial charge in [0.2, 0.25) is 0 Å². The van der Waals surface area contributed by atoms with Gasteiger partial charge >= 0.3 is 5.97 Å². The van der Waals surface area contributed by atoms with E-state index in [0.29, 0.717) is 28.3 Å². The molecule has 3 rings (SSSR count). The minimum absolute atomic E-state index is 0.301. The highest BCUT2D eigenvalue weighted by Gasteiger charge is 2.36. The van der Waals surface area contributed by atoms with Gasteiger partial charge < -0.3 is 4.74 Å². The van der Waals surface area contributed by atoms with Crippen LogP contribution in [0.3, 0.4) is 0 Å². The molecule has 1 aliphatic heterocycles. The van der Waals surface area contributed by atoms with Gasteiger partial charge in [0.15, 0.2) is 0 Å². The summed E-state index contributed by atoms with van der Waals surface area (Å²) in [5.74, 6) is -1.33. The van der Waals surface area contributed by atoms with Gasteiger partial charge in [0, 0.05) is 5.02 Å². The number of rotatable bonds is 4. The molecular weight excluding hydrogens is 330 g/mol. The molecule has 0 unspecified atom stereocenters. The molecular formula is C18H14ClNO4. The molecule has 0 saturated heterocycles. The lowest BCUT2D eigenvalue weighted by atomic mass is 10.1. The Morgan fingerprint density at radius 1 is 1.08 bits per heavy atom. The fourth-order valence-electron chi connectivity index (χ4n) is 2.56. The van der Waals surface area contributed by atoms with E-state index in [-0.39, 0.29) is 0 Å². The molecule has 0 radical (unpaired) electrons. The molecule has 0 spiro atoms. The van der Waals surface area contributed by atoms with E-state index in [1.54, 1.807) is 42.5 Å². The lowest BCUT2D eigenvalue weighted by molar-refractivity contribution is -0.134. The first-order valence-corrected chi connectivity index (χ1v) is 7.83. The third-order valence-corrected chi connectivity index (χ3v) is 4.16. The minimum atomic E-state index is -0.686. The molecule has 2 aromatic rings. The molecule has 6 heteroatoms. The predicted molar refractivity (Wildman–Crippen MR) is 88.3 cm³/mol. The summed E-state index contributed by atoms with van der Waals surface area (Å²) in [6.07, 6.45) is 0.697. The van der Waals surface area contributed by atoms with Crippen LogP contribution in [0.15, 0.2) is 42.5 Å². The van der Waals surface area contributed by atoms with Crippen molar-refractivity contribution in [1.29, 1.82) is 0 Å². The third-order valence-electron chi connectivity index (χ3n) is 3.80. The van der Waals surface area contributed by atoms with Crippen molar-refractivity contribution in [2.75, 3.05) is 6.54 Å². The molecule has 5 nitrogen and oxygen atoms in total. The summed E-state index contributed by atoms with van der Waals surface area (Å²) in [7, 11) is 0. The van der Waals surface area contributed by atoms with E-state index in [0.717, 1.165) is 10.5 Å². The number of imide groups is 1. The Kier molecular flexibility index (Phi) is 4.36. The van der Waals surface area contributed by atoms with Crippen molar-refractivity contribution in [3.05, 3.63) is 64.2 Å². The molecule has 24 heavy (non-hydrogen) atoms. The number of benzene rings is 2. The van der Waals surface area contributed by atoms with Crippen molar-refractivity contribution < 1.29 is 19.1 Å². The van der Waals surface area contributed by atoms with Gasteiger partial charge in [0.25, 0.3) is 11.8 Å². The molecule has 0 bridgehead atoms. The highest BCUT2D eigenvalue weighted by atomic mass is 35.5. The van der Waals surface area contributed by atoms with Gasteiger partial charge in [-0.3, -0.25) is 14.5 Å². The Labute approximate surface area is 143 Å². The smallest absolute Gasteiger partial charge is 0.331 e. The van der Waals surface area contributed by atoms with E-state index in [2.05, 4.69) is 0 Å². The fourth-order valence-corrected chi connectivity index (χ4v) is 2.81. The quantitative estimate of drug-likeness (QED) is 0.486. The first kappa shape index (κ1) is 16.2. The second kappa shape index (κ2) is 6.45. The largest absolute Gasteiger partial charge is 0.425 e. The number of ether oxygens (including phenoxy) is 1. The average Bonchev–Trinajstić information content (AvgIpc) is 2.82. The molecule has 2 amide bonds. The van der Waals surface area contributed by atoms with Crippen molar-refractivity contribution in [2.24, 2.45) is 0 Å². The molecule has 0 aliphatic carbocycles. The summed E-state index contributed by atoms with van der Waals surface area (Å²) in [6, 6.07) is 11.4. The fraction of sp³-hybridized carbons (Fsp3) is 0.167. The van der Waals surface area contributed by atoms with Crippen LogP contribution in [0.4, 0.5) is 0 Å². The third kappa shape index (κ3) is 2.90. The topological polar surface area (TPSA) is 63.7 Å². The van der Waals surface area contributed by atoms with E-state index < -0.39 is 24.3 Å². The number of hydrogen-bond acceptors (Lipinski definition) is 4. The van der Waals surface area contributed by atoms with E-state index in [1.165, 1.54) is 0 Å². The van der Waals surface area contributed by atoms with Crippen molar-refractivity contribution in [1.82, 2.24) is 4.90 Å². The Morgan fingerprint density at radius 2 is 1.71 bits per heavy atom. The number of fused-ring (bicyclic) bond motifs is 1. The van der Waals surface area contributed by atoms with Gasteiger partial charge in [-0.15, -0.1) is 0 Å². The lowest BCUT2D eigenvalue weighted by Gasteiger charge is -2.13. The highest BCUT2D eigenvalue weighted by Crippen LogP contribution is 2.24. The number of nitrogens with zero attached hydrogens (tertiary/aromatic N) is 1. The van der Waals surface area contributed by atoms with Crippen molar-refractivity contribution >= 4 is 29.4 Å². The van der Waals surface area contributed by atoms with Crippen molar-refractivity contribution in [3.8, 4) is 5.75 Å². The SMILES string of the molecule is CCc1cc(OC(=O)CN2C(=O)c3ccccc3C2=O)ccc1Cl. The average molecular weight is 344 g/mol. The summed E-state index contributed by atoms with van der Waals surface area (Å²) in [5.41, 5.74) is 1.45. The maximum Gasteiger partial charge on any atom is 0.331 e. The number of carbonyl (C=O) groups excluding carboxylic acids is 3. The van der Waals surface area contributed by atoms with E-state index in [9.17, 15) is 14.4 Å². The van der Waals surface area contributed by atoms with Gasteiger partial charge in [0.1, 0.15) is 12.3 Å². The normalized spacial score (nSPS) is 13.2. The summed E-state index contributed by atoms with van der Waals surface area (Å²) in [4.78, 5) is 37.4. The van der Waals surface area contributed by atoms with Gasteiger partial charge in [-0.2, -0.15) is 0 Å². The summed E-state index contributed by atoms with van der Waals surface area (Å²) in [5, 5.41) is 0.595. The molecule has 0 fully saturated rings. The highest BCUT2D eigenvalue weighted by molar-refractivity contribution is 6.31. The summed E-state index contributed by atoms with van der Waals surface area (Å²) < 4.78 is 5.23. The Morgan fingerprint density at radius 3 is 2.29 bits per heavy atom. The molecule has 0 saturated carbocycles. The van der Waals surface area contributed by atoms with Crippen LogP contribution in [0.5, 0.6) is 5.75 Å².